The average molecular weight is 416 g/mol. The van der Waals surface area contributed by atoms with Gasteiger partial charge in [0.05, 0.1) is 0 Å². The molecule has 8 nitrogen and oxygen atoms in total. The smallest absolute Gasteiger partial charge is 0.225 e. The number of anilines is 1. The van der Waals surface area contributed by atoms with Gasteiger partial charge in [0.1, 0.15) is 0 Å². The van der Waals surface area contributed by atoms with Gasteiger partial charge in [-0.1, -0.05) is 20.3 Å². The molecule has 166 valence electrons. The van der Waals surface area contributed by atoms with Crippen molar-refractivity contribution in [3.8, 4) is 0 Å². The van der Waals surface area contributed by atoms with E-state index in [1.54, 1.807) is 12.4 Å². The summed E-state index contributed by atoms with van der Waals surface area (Å²) in [6, 6.07) is 1.82. The third-order valence-corrected chi connectivity index (χ3v) is 6.24. The van der Waals surface area contributed by atoms with E-state index in [-0.39, 0.29) is 5.91 Å². The Bertz CT molecular complexity index is 699. The molecule has 1 atom stereocenters. The normalized spacial score (nSPS) is 22.9. The number of likely N-dealkylation sites (tertiary alicyclic amines) is 1. The van der Waals surface area contributed by atoms with Crippen molar-refractivity contribution in [2.75, 3.05) is 57.8 Å². The van der Waals surface area contributed by atoms with Crippen LogP contribution in [0.5, 0.6) is 0 Å². The number of rotatable bonds is 6. The van der Waals surface area contributed by atoms with Gasteiger partial charge in [0.25, 0.3) is 0 Å². The molecular formula is C22H37N7O. The van der Waals surface area contributed by atoms with E-state index in [4.69, 9.17) is 0 Å². The molecule has 1 amide bonds. The van der Waals surface area contributed by atoms with Crippen LogP contribution < -0.4 is 10.2 Å². The number of piperazine rings is 1. The Morgan fingerprint density at radius 3 is 2.57 bits per heavy atom. The maximum Gasteiger partial charge on any atom is 0.225 e. The van der Waals surface area contributed by atoms with Crippen LogP contribution in [0.25, 0.3) is 0 Å². The number of hydrogen-bond acceptors (Lipinski definition) is 5. The third kappa shape index (κ3) is 5.83. The minimum Gasteiger partial charge on any atom is -0.356 e. The fourth-order valence-corrected chi connectivity index (χ4v) is 4.69. The number of aliphatic imine (C=N–C) groups is 1. The number of aromatic nitrogens is 2. The van der Waals surface area contributed by atoms with Crippen molar-refractivity contribution in [2.45, 2.75) is 46.0 Å². The zero-order valence-corrected chi connectivity index (χ0v) is 18.8. The lowest BCUT2D eigenvalue weighted by molar-refractivity contribution is -0.131. The number of carbonyl (C=O) groups excluding carboxylic acids is 1. The zero-order valence-electron chi connectivity index (χ0n) is 18.8. The summed E-state index contributed by atoms with van der Waals surface area (Å²) in [6.45, 7) is 10.3. The van der Waals surface area contributed by atoms with Crippen LogP contribution in [0.15, 0.2) is 23.5 Å². The van der Waals surface area contributed by atoms with Crippen molar-refractivity contribution < 1.29 is 4.79 Å². The highest BCUT2D eigenvalue weighted by Gasteiger charge is 2.31. The molecular weight excluding hydrogens is 378 g/mol. The fraction of sp³-hybridized carbons (Fsp3) is 0.727. The van der Waals surface area contributed by atoms with E-state index in [1.807, 2.05) is 18.0 Å². The molecule has 3 rings (SSSR count). The van der Waals surface area contributed by atoms with Gasteiger partial charge >= 0.3 is 0 Å². The monoisotopic (exact) mass is 415 g/mol. The van der Waals surface area contributed by atoms with Crippen LogP contribution in [0.4, 0.5) is 5.95 Å². The SMILES string of the molecule is CCCC1(C)CCCN(C(=NC)NCCC(=O)N2CCN(c3ncccn3)CC2)C1. The molecule has 0 saturated carbocycles. The fourth-order valence-electron chi connectivity index (χ4n) is 4.69. The van der Waals surface area contributed by atoms with E-state index in [0.717, 1.165) is 38.1 Å². The third-order valence-electron chi connectivity index (χ3n) is 6.24. The maximum atomic E-state index is 12.7. The number of nitrogens with zero attached hydrogens (tertiary/aromatic N) is 6. The molecule has 2 fully saturated rings. The highest BCUT2D eigenvalue weighted by molar-refractivity contribution is 5.81. The first-order chi connectivity index (χ1) is 14.5. The van der Waals surface area contributed by atoms with Crippen LogP contribution in [-0.2, 0) is 4.79 Å². The summed E-state index contributed by atoms with van der Waals surface area (Å²) in [5.41, 5.74) is 0.364. The minimum absolute atomic E-state index is 0.195. The molecule has 3 heterocycles. The second kappa shape index (κ2) is 10.6. The lowest BCUT2D eigenvalue weighted by atomic mass is 9.78. The summed E-state index contributed by atoms with van der Waals surface area (Å²) in [6.07, 6.45) is 8.95. The van der Waals surface area contributed by atoms with Crippen LogP contribution in [-0.4, -0.2) is 84.5 Å². The first kappa shape index (κ1) is 22.3. The van der Waals surface area contributed by atoms with Crippen molar-refractivity contribution in [1.82, 2.24) is 25.1 Å². The molecule has 0 radical (unpaired) electrons. The molecule has 0 bridgehead atoms. The molecule has 0 spiro atoms. The highest BCUT2D eigenvalue weighted by Crippen LogP contribution is 2.33. The first-order valence-electron chi connectivity index (χ1n) is 11.3. The predicted octanol–water partition coefficient (Wildman–Crippen LogP) is 1.99. The molecule has 1 aromatic heterocycles. The molecule has 2 saturated heterocycles. The van der Waals surface area contributed by atoms with Crippen molar-refractivity contribution in [3.63, 3.8) is 0 Å². The lowest BCUT2D eigenvalue weighted by Gasteiger charge is -2.42. The Morgan fingerprint density at radius 2 is 1.90 bits per heavy atom. The van der Waals surface area contributed by atoms with Gasteiger partial charge in [-0.15, -0.1) is 0 Å². The van der Waals surface area contributed by atoms with Gasteiger partial charge in [-0.2, -0.15) is 0 Å². The van der Waals surface area contributed by atoms with Crippen molar-refractivity contribution in [2.24, 2.45) is 10.4 Å². The Hall–Kier alpha value is -2.38. The van der Waals surface area contributed by atoms with Gasteiger partial charge in [-0.25, -0.2) is 9.97 Å². The number of amides is 1. The van der Waals surface area contributed by atoms with Crippen molar-refractivity contribution >= 4 is 17.8 Å². The molecule has 1 aromatic rings. The lowest BCUT2D eigenvalue weighted by Crippen LogP contribution is -2.51. The van der Waals surface area contributed by atoms with Gasteiger partial charge in [0.2, 0.25) is 11.9 Å². The quantitative estimate of drug-likeness (QED) is 0.566. The summed E-state index contributed by atoms with van der Waals surface area (Å²) >= 11 is 0. The van der Waals surface area contributed by atoms with Crippen LogP contribution in [0.2, 0.25) is 0 Å². The molecule has 0 aromatic carbocycles. The molecule has 1 N–H and O–H groups in total. The summed E-state index contributed by atoms with van der Waals surface area (Å²) < 4.78 is 0. The number of guanidine groups is 1. The molecule has 2 aliphatic heterocycles. The summed E-state index contributed by atoms with van der Waals surface area (Å²) in [4.78, 5) is 32.2. The second-order valence-electron chi connectivity index (χ2n) is 8.73. The largest absolute Gasteiger partial charge is 0.356 e. The molecule has 8 heteroatoms. The summed E-state index contributed by atoms with van der Waals surface area (Å²) in [5.74, 6) is 1.86. The molecule has 1 unspecified atom stereocenters. The van der Waals surface area contributed by atoms with Crippen LogP contribution >= 0.6 is 0 Å². The van der Waals surface area contributed by atoms with E-state index in [0.29, 0.717) is 31.5 Å². The van der Waals surface area contributed by atoms with E-state index >= 15 is 0 Å². The van der Waals surface area contributed by atoms with Gasteiger partial charge in [-0.3, -0.25) is 9.79 Å². The second-order valence-corrected chi connectivity index (χ2v) is 8.73. The Labute approximate surface area is 180 Å². The van der Waals surface area contributed by atoms with E-state index < -0.39 is 0 Å². The van der Waals surface area contributed by atoms with Gasteiger partial charge in [-0.05, 0) is 30.7 Å². The van der Waals surface area contributed by atoms with Gasteiger partial charge in [0, 0.05) is 71.7 Å². The molecule has 30 heavy (non-hydrogen) atoms. The van der Waals surface area contributed by atoms with Crippen molar-refractivity contribution in [1.29, 1.82) is 0 Å². The Morgan fingerprint density at radius 1 is 1.17 bits per heavy atom. The summed E-state index contributed by atoms with van der Waals surface area (Å²) in [5, 5.41) is 3.42. The predicted molar refractivity (Wildman–Crippen MR) is 121 cm³/mol. The number of carbonyl (C=O) groups is 1. The maximum absolute atomic E-state index is 12.7. The van der Waals surface area contributed by atoms with E-state index in [1.165, 1.54) is 25.7 Å². The van der Waals surface area contributed by atoms with E-state index in [2.05, 4.69) is 43.9 Å². The zero-order chi connectivity index (χ0) is 21.4. The van der Waals surface area contributed by atoms with Gasteiger partial charge in [0.15, 0.2) is 5.96 Å². The number of piperidine rings is 1. The van der Waals surface area contributed by atoms with Crippen LogP contribution in [0, 0.1) is 5.41 Å². The van der Waals surface area contributed by atoms with Crippen LogP contribution in [0.1, 0.15) is 46.0 Å². The first-order valence-corrected chi connectivity index (χ1v) is 11.3. The van der Waals surface area contributed by atoms with E-state index in [9.17, 15) is 4.79 Å². The number of hydrogen-bond donors (Lipinski definition) is 1. The van der Waals surface area contributed by atoms with Crippen LogP contribution in [0.3, 0.4) is 0 Å². The Kier molecular flexibility index (Phi) is 7.87. The standard InChI is InChI=1S/C22H37N7O/c1-4-8-22(2)9-5-13-29(18-22)20(23-3)26-12-7-19(30)27-14-16-28(17-15-27)21-24-10-6-11-25-21/h6,10-11H,4-5,7-9,12-18H2,1-3H3,(H,23,26). The highest BCUT2D eigenvalue weighted by atomic mass is 16.2. The summed E-state index contributed by atoms with van der Waals surface area (Å²) in [7, 11) is 1.83. The Balaban J connectivity index is 1.41. The molecule has 0 aliphatic carbocycles. The van der Waals surface area contributed by atoms with Gasteiger partial charge < -0.3 is 20.0 Å². The van der Waals surface area contributed by atoms with Crippen molar-refractivity contribution in [3.05, 3.63) is 18.5 Å². The molecule has 2 aliphatic rings. The average Bonchev–Trinajstić information content (AvgIpc) is 2.77. The topological polar surface area (TPSA) is 77.0 Å². The minimum atomic E-state index is 0.195. The number of nitrogens with one attached hydrogen (secondary N) is 1.